The lowest BCUT2D eigenvalue weighted by Crippen LogP contribution is -2.41. The van der Waals surface area contributed by atoms with Gasteiger partial charge in [-0.2, -0.15) is 0 Å². The topological polar surface area (TPSA) is 88.1 Å². The summed E-state index contributed by atoms with van der Waals surface area (Å²) in [7, 11) is 4.63. The van der Waals surface area contributed by atoms with E-state index in [9.17, 15) is 14.7 Å². The van der Waals surface area contributed by atoms with Gasteiger partial charge in [0.15, 0.2) is 0 Å². The Labute approximate surface area is 141 Å². The van der Waals surface area contributed by atoms with Gasteiger partial charge in [0.05, 0.1) is 25.7 Å². The molecule has 1 heterocycles. The molecule has 1 aliphatic heterocycles. The van der Waals surface area contributed by atoms with E-state index in [0.717, 1.165) is 19.4 Å². The lowest BCUT2D eigenvalue weighted by atomic mass is 9.96. The van der Waals surface area contributed by atoms with Crippen molar-refractivity contribution < 1.29 is 24.2 Å². The van der Waals surface area contributed by atoms with Crippen molar-refractivity contribution in [1.29, 1.82) is 0 Å². The van der Waals surface area contributed by atoms with Crippen LogP contribution in [0.25, 0.3) is 0 Å². The van der Waals surface area contributed by atoms with Gasteiger partial charge in [-0.3, -0.25) is 9.69 Å². The average molecular weight is 336 g/mol. The summed E-state index contributed by atoms with van der Waals surface area (Å²) in [5, 5.41) is 12.2. The summed E-state index contributed by atoms with van der Waals surface area (Å²) in [5.74, 6) is -0.146. The average Bonchev–Trinajstić information content (AvgIpc) is 2.61. The predicted octanol–water partition coefficient (Wildman–Crippen LogP) is 1.36. The molecule has 1 atom stereocenters. The number of rotatable bonds is 6. The Hall–Kier alpha value is -2.28. The minimum atomic E-state index is -1.03. The zero-order valence-corrected chi connectivity index (χ0v) is 14.3. The number of carbonyl (C=O) groups is 2. The van der Waals surface area contributed by atoms with E-state index in [4.69, 9.17) is 9.47 Å². The van der Waals surface area contributed by atoms with Crippen molar-refractivity contribution in [2.24, 2.45) is 5.92 Å². The number of methoxy groups -OCH3 is 2. The number of amides is 1. The minimum absolute atomic E-state index is 0.0276. The van der Waals surface area contributed by atoms with Crippen molar-refractivity contribution in [2.45, 2.75) is 19.4 Å². The molecule has 0 saturated carbocycles. The first-order valence-electron chi connectivity index (χ1n) is 7.92. The Bertz CT molecular complexity index is 617. The number of aromatic carboxylic acids is 1. The number of ether oxygens (including phenoxy) is 2. The van der Waals surface area contributed by atoms with E-state index in [1.165, 1.54) is 20.3 Å². The number of hydrogen-bond donors (Lipinski definition) is 2. The molecule has 0 radical (unpaired) electrons. The number of benzene rings is 1. The van der Waals surface area contributed by atoms with E-state index in [0.29, 0.717) is 30.2 Å². The second-order valence-electron chi connectivity index (χ2n) is 5.85. The zero-order chi connectivity index (χ0) is 17.7. The maximum Gasteiger partial charge on any atom is 0.336 e. The summed E-state index contributed by atoms with van der Waals surface area (Å²) >= 11 is 0. The molecule has 1 unspecified atom stereocenters. The zero-order valence-electron chi connectivity index (χ0n) is 14.3. The molecule has 0 aromatic heterocycles. The van der Waals surface area contributed by atoms with E-state index >= 15 is 0 Å². The Morgan fingerprint density at radius 3 is 2.67 bits per heavy atom. The highest BCUT2D eigenvalue weighted by Gasteiger charge is 2.27. The third-order valence-corrected chi connectivity index (χ3v) is 4.37. The highest BCUT2D eigenvalue weighted by Crippen LogP contribution is 2.31. The third-order valence-electron chi connectivity index (χ3n) is 4.37. The second kappa shape index (κ2) is 8.01. The van der Waals surface area contributed by atoms with Crippen LogP contribution in [-0.4, -0.2) is 56.2 Å². The Morgan fingerprint density at radius 2 is 2.08 bits per heavy atom. The van der Waals surface area contributed by atoms with Crippen molar-refractivity contribution in [2.75, 3.05) is 34.4 Å². The van der Waals surface area contributed by atoms with Crippen LogP contribution < -0.4 is 14.8 Å². The highest BCUT2D eigenvalue weighted by atomic mass is 16.5. The number of likely N-dealkylation sites (tertiary alicyclic amines) is 1. The number of carbonyl (C=O) groups excluding carboxylic acids is 1. The maximum atomic E-state index is 11.9. The summed E-state index contributed by atoms with van der Waals surface area (Å²) in [5.41, 5.74) is 0.761. The van der Waals surface area contributed by atoms with Crippen LogP contribution >= 0.6 is 0 Å². The van der Waals surface area contributed by atoms with Crippen LogP contribution in [0.2, 0.25) is 0 Å². The molecule has 1 aliphatic rings. The van der Waals surface area contributed by atoms with Crippen molar-refractivity contribution in [3.63, 3.8) is 0 Å². The van der Waals surface area contributed by atoms with Crippen LogP contribution in [0.4, 0.5) is 0 Å². The highest BCUT2D eigenvalue weighted by molar-refractivity contribution is 5.91. The van der Waals surface area contributed by atoms with Gasteiger partial charge in [0.1, 0.15) is 11.5 Å². The van der Waals surface area contributed by atoms with Gasteiger partial charge in [-0.15, -0.1) is 0 Å². The number of nitrogens with zero attached hydrogens (tertiary/aromatic N) is 1. The van der Waals surface area contributed by atoms with Gasteiger partial charge < -0.3 is 19.9 Å². The van der Waals surface area contributed by atoms with Gasteiger partial charge in [0, 0.05) is 31.8 Å². The van der Waals surface area contributed by atoms with E-state index in [1.807, 2.05) is 0 Å². The van der Waals surface area contributed by atoms with Crippen molar-refractivity contribution in [1.82, 2.24) is 10.2 Å². The molecule has 1 saturated heterocycles. The molecule has 1 amide bonds. The fraction of sp³-hybridized carbons (Fsp3) is 0.529. The quantitative estimate of drug-likeness (QED) is 0.815. The summed E-state index contributed by atoms with van der Waals surface area (Å²) in [4.78, 5) is 25.6. The van der Waals surface area contributed by atoms with E-state index < -0.39 is 5.97 Å². The largest absolute Gasteiger partial charge is 0.497 e. The van der Waals surface area contributed by atoms with E-state index in [1.54, 1.807) is 13.1 Å². The van der Waals surface area contributed by atoms with Gasteiger partial charge in [0.2, 0.25) is 5.91 Å². The van der Waals surface area contributed by atoms with E-state index in [2.05, 4.69) is 10.2 Å². The fourth-order valence-corrected chi connectivity index (χ4v) is 3.11. The van der Waals surface area contributed by atoms with Gasteiger partial charge in [-0.1, -0.05) is 0 Å². The predicted molar refractivity (Wildman–Crippen MR) is 88.6 cm³/mol. The van der Waals surface area contributed by atoms with Crippen LogP contribution in [0.3, 0.4) is 0 Å². The van der Waals surface area contributed by atoms with Crippen LogP contribution in [0.15, 0.2) is 12.1 Å². The lowest BCUT2D eigenvalue weighted by Gasteiger charge is -2.32. The number of piperidine rings is 1. The molecule has 24 heavy (non-hydrogen) atoms. The molecule has 2 rings (SSSR count). The number of hydrogen-bond acceptors (Lipinski definition) is 5. The molecular formula is C17H24N2O5. The Balaban J connectivity index is 2.27. The molecular weight excluding hydrogens is 312 g/mol. The van der Waals surface area contributed by atoms with Gasteiger partial charge >= 0.3 is 5.97 Å². The monoisotopic (exact) mass is 336 g/mol. The van der Waals surface area contributed by atoms with Gasteiger partial charge in [-0.05, 0) is 25.5 Å². The SMILES string of the molecule is CNC(=O)C1CCCN(Cc2c(OC)cc(OC)cc2C(=O)O)C1. The normalized spacial score (nSPS) is 18.0. The van der Waals surface area contributed by atoms with E-state index in [-0.39, 0.29) is 17.4 Å². The Morgan fingerprint density at radius 1 is 1.33 bits per heavy atom. The summed E-state index contributed by atoms with van der Waals surface area (Å²) in [6, 6.07) is 3.18. The molecule has 7 heteroatoms. The first-order chi connectivity index (χ1) is 11.5. The molecule has 1 aromatic rings. The molecule has 7 nitrogen and oxygen atoms in total. The first-order valence-corrected chi connectivity index (χ1v) is 7.92. The van der Waals surface area contributed by atoms with Crippen LogP contribution in [0, 0.1) is 5.92 Å². The molecule has 0 bridgehead atoms. The second-order valence-corrected chi connectivity index (χ2v) is 5.85. The number of carboxylic acid groups (broad SMARTS) is 1. The van der Waals surface area contributed by atoms with Crippen LogP contribution in [-0.2, 0) is 11.3 Å². The molecule has 2 N–H and O–H groups in total. The third kappa shape index (κ3) is 3.97. The fourth-order valence-electron chi connectivity index (χ4n) is 3.11. The number of carboxylic acids is 1. The van der Waals surface area contributed by atoms with Crippen LogP contribution in [0.5, 0.6) is 11.5 Å². The summed E-state index contributed by atoms with van der Waals surface area (Å²) in [6.07, 6.45) is 1.75. The maximum absolute atomic E-state index is 11.9. The summed E-state index contributed by atoms with van der Waals surface area (Å²) in [6.45, 7) is 1.85. The minimum Gasteiger partial charge on any atom is -0.497 e. The van der Waals surface area contributed by atoms with Gasteiger partial charge in [0.25, 0.3) is 0 Å². The molecule has 1 fully saturated rings. The molecule has 132 valence electrons. The smallest absolute Gasteiger partial charge is 0.336 e. The lowest BCUT2D eigenvalue weighted by molar-refractivity contribution is -0.126. The number of nitrogens with one attached hydrogen (secondary N) is 1. The molecule has 1 aromatic carbocycles. The standard InChI is InChI=1S/C17H24N2O5/c1-18-16(20)11-5-4-6-19(9-11)10-14-13(17(21)22)7-12(23-2)8-15(14)24-3/h7-8,11H,4-6,9-10H2,1-3H3,(H,18,20)(H,21,22). The van der Waals surface area contributed by atoms with Crippen molar-refractivity contribution >= 4 is 11.9 Å². The Kier molecular flexibility index (Phi) is 6.03. The summed E-state index contributed by atoms with van der Waals surface area (Å²) < 4.78 is 10.5. The van der Waals surface area contributed by atoms with Crippen LogP contribution in [0.1, 0.15) is 28.8 Å². The first kappa shape index (κ1) is 18.1. The van der Waals surface area contributed by atoms with Crippen molar-refractivity contribution in [3.05, 3.63) is 23.3 Å². The molecule has 0 spiro atoms. The van der Waals surface area contributed by atoms with Gasteiger partial charge in [-0.25, -0.2) is 4.79 Å². The molecule has 0 aliphatic carbocycles. The van der Waals surface area contributed by atoms with Crippen molar-refractivity contribution in [3.8, 4) is 11.5 Å².